The molecule has 1 heterocycles. The minimum Gasteiger partial charge on any atom is -0.493 e. The predicted octanol–water partition coefficient (Wildman–Crippen LogP) is 5.33. The van der Waals surface area contributed by atoms with E-state index in [4.69, 9.17) is 4.74 Å². The number of amides is 1. The summed E-state index contributed by atoms with van der Waals surface area (Å²) in [6.45, 7) is 10.3. The maximum Gasteiger partial charge on any atom is 0.251 e. The summed E-state index contributed by atoms with van der Waals surface area (Å²) in [5.74, 6) is 1.33. The maximum atomic E-state index is 13.8. The first-order valence-electron chi connectivity index (χ1n) is 11.2. The van der Waals surface area contributed by atoms with Crippen molar-refractivity contribution < 1.29 is 13.9 Å². The molecule has 4 nitrogen and oxygen atoms in total. The lowest BCUT2D eigenvalue weighted by Gasteiger charge is -2.34. The Morgan fingerprint density at radius 2 is 1.61 bits per heavy atom. The zero-order chi connectivity index (χ0) is 22.4. The smallest absolute Gasteiger partial charge is 0.251 e. The van der Waals surface area contributed by atoms with Gasteiger partial charge in [0.05, 0.1) is 6.61 Å². The van der Waals surface area contributed by atoms with E-state index in [1.54, 1.807) is 13.8 Å². The van der Waals surface area contributed by atoms with E-state index in [0.717, 1.165) is 42.8 Å². The number of rotatable bonds is 8. The van der Waals surface area contributed by atoms with Crippen LogP contribution < -0.4 is 10.1 Å². The molecule has 1 N–H and O–H groups in total. The number of nitrogens with one attached hydrogen (secondary N) is 1. The van der Waals surface area contributed by atoms with Gasteiger partial charge in [0, 0.05) is 18.2 Å². The molecule has 1 amide bonds. The molecule has 2 aromatic carbocycles. The van der Waals surface area contributed by atoms with Crippen LogP contribution in [0, 0.1) is 5.92 Å². The van der Waals surface area contributed by atoms with Gasteiger partial charge in [0.1, 0.15) is 11.4 Å². The fourth-order valence-corrected chi connectivity index (χ4v) is 3.96. The van der Waals surface area contributed by atoms with Crippen LogP contribution in [0.15, 0.2) is 48.5 Å². The molecular weight excluding hydrogens is 391 g/mol. The molecular formula is C26H35FN2O2. The Kier molecular flexibility index (Phi) is 7.71. The molecule has 0 radical (unpaired) electrons. The zero-order valence-corrected chi connectivity index (χ0v) is 19.2. The molecule has 0 bridgehead atoms. The molecule has 0 spiro atoms. The van der Waals surface area contributed by atoms with Crippen LogP contribution in [0.4, 0.5) is 4.39 Å². The van der Waals surface area contributed by atoms with Crippen LogP contribution in [-0.2, 0) is 0 Å². The summed E-state index contributed by atoms with van der Waals surface area (Å²) in [4.78, 5) is 14.3. The van der Waals surface area contributed by atoms with E-state index in [1.807, 2.05) is 62.4 Å². The average molecular weight is 427 g/mol. The summed E-state index contributed by atoms with van der Waals surface area (Å²) in [6, 6.07) is 15.9. The Morgan fingerprint density at radius 1 is 1.06 bits per heavy atom. The normalized spacial score (nSPS) is 15.8. The van der Waals surface area contributed by atoms with Gasteiger partial charge in [0.2, 0.25) is 0 Å². The molecule has 1 aliphatic rings. The molecule has 5 heteroatoms. The number of hydrogen-bond acceptors (Lipinski definition) is 3. The number of likely N-dealkylation sites (tertiary alicyclic amines) is 1. The predicted molar refractivity (Wildman–Crippen MR) is 124 cm³/mol. The lowest BCUT2D eigenvalue weighted by atomic mass is 9.97. The van der Waals surface area contributed by atoms with Gasteiger partial charge in [-0.15, -0.1) is 0 Å². The van der Waals surface area contributed by atoms with Gasteiger partial charge in [-0.2, -0.15) is 0 Å². The molecule has 168 valence electrons. The highest BCUT2D eigenvalue weighted by Gasteiger charge is 2.25. The van der Waals surface area contributed by atoms with Crippen molar-refractivity contribution in [2.45, 2.75) is 52.2 Å². The van der Waals surface area contributed by atoms with Gasteiger partial charge in [-0.1, -0.05) is 24.3 Å². The second-order valence-corrected chi connectivity index (χ2v) is 9.48. The lowest BCUT2D eigenvalue weighted by molar-refractivity contribution is 0.0836. The Balaban J connectivity index is 1.48. The minimum absolute atomic E-state index is 0.0514. The molecule has 0 saturated carbocycles. The van der Waals surface area contributed by atoms with Gasteiger partial charge < -0.3 is 15.0 Å². The molecule has 0 unspecified atom stereocenters. The summed E-state index contributed by atoms with van der Waals surface area (Å²) in [5, 5.41) is 2.90. The number of carbonyl (C=O) groups excluding carboxylic acids is 1. The van der Waals surface area contributed by atoms with Crippen LogP contribution in [0.5, 0.6) is 5.75 Å². The molecule has 2 aromatic rings. The zero-order valence-electron chi connectivity index (χ0n) is 19.2. The first-order chi connectivity index (χ1) is 14.7. The number of ether oxygens (including phenoxy) is 1. The molecule has 3 rings (SSSR count). The van der Waals surface area contributed by atoms with Gasteiger partial charge in [-0.3, -0.25) is 4.79 Å². The van der Waals surface area contributed by atoms with Crippen molar-refractivity contribution in [3.63, 3.8) is 0 Å². The van der Waals surface area contributed by atoms with E-state index < -0.39 is 5.67 Å². The molecule has 0 aliphatic carbocycles. The number of halogens is 1. The Hall–Kier alpha value is -2.40. The highest BCUT2D eigenvalue weighted by atomic mass is 19.1. The molecule has 1 saturated heterocycles. The maximum absolute atomic E-state index is 13.8. The van der Waals surface area contributed by atoms with Gasteiger partial charge in [0.15, 0.2) is 0 Å². The second-order valence-electron chi connectivity index (χ2n) is 9.48. The molecule has 1 fully saturated rings. The van der Waals surface area contributed by atoms with Gasteiger partial charge in [-0.25, -0.2) is 4.39 Å². The van der Waals surface area contributed by atoms with Gasteiger partial charge in [0.25, 0.3) is 5.91 Å². The Labute approximate surface area is 185 Å². The van der Waals surface area contributed by atoms with E-state index in [0.29, 0.717) is 24.6 Å². The van der Waals surface area contributed by atoms with Gasteiger partial charge >= 0.3 is 0 Å². The average Bonchev–Trinajstić information content (AvgIpc) is 2.72. The number of benzene rings is 2. The molecule has 0 atom stereocenters. The summed E-state index contributed by atoms with van der Waals surface area (Å²) >= 11 is 0. The van der Waals surface area contributed by atoms with E-state index >= 15 is 0 Å². The highest BCUT2D eigenvalue weighted by molar-refractivity contribution is 5.94. The third kappa shape index (κ3) is 7.35. The lowest BCUT2D eigenvalue weighted by Crippen LogP contribution is -2.41. The van der Waals surface area contributed by atoms with Crippen LogP contribution in [-0.4, -0.2) is 48.8 Å². The number of piperidine rings is 1. The number of alkyl halides is 1. The summed E-state index contributed by atoms with van der Waals surface area (Å²) in [5.41, 5.74) is 1.69. The fraction of sp³-hybridized carbons (Fsp3) is 0.500. The largest absolute Gasteiger partial charge is 0.493 e. The van der Waals surface area contributed by atoms with E-state index in [-0.39, 0.29) is 11.9 Å². The van der Waals surface area contributed by atoms with Crippen molar-refractivity contribution in [1.82, 2.24) is 10.2 Å². The minimum atomic E-state index is -1.13. The van der Waals surface area contributed by atoms with Crippen LogP contribution in [0.1, 0.15) is 50.9 Å². The number of carbonyl (C=O) groups is 1. The summed E-state index contributed by atoms with van der Waals surface area (Å²) in [7, 11) is 0. The van der Waals surface area contributed by atoms with E-state index in [2.05, 4.69) is 10.2 Å². The van der Waals surface area contributed by atoms with Crippen molar-refractivity contribution in [3.8, 4) is 16.9 Å². The highest BCUT2D eigenvalue weighted by Crippen LogP contribution is 2.25. The third-order valence-corrected chi connectivity index (χ3v) is 5.55. The topological polar surface area (TPSA) is 41.6 Å². The van der Waals surface area contributed by atoms with Crippen LogP contribution in [0.3, 0.4) is 0 Å². The first kappa shape index (κ1) is 23.3. The van der Waals surface area contributed by atoms with Crippen LogP contribution in [0.25, 0.3) is 11.1 Å². The van der Waals surface area contributed by atoms with Crippen molar-refractivity contribution in [3.05, 3.63) is 54.1 Å². The SMILES string of the molecule is CC(C)NC(=O)c1ccc(-c2ccc(OCC3CCN(CC(C)(C)F)CC3)cc2)cc1. The number of hydrogen-bond donors (Lipinski definition) is 1. The monoisotopic (exact) mass is 426 g/mol. The summed E-state index contributed by atoms with van der Waals surface area (Å²) in [6.07, 6.45) is 2.09. The van der Waals surface area contributed by atoms with Crippen molar-refractivity contribution in [2.75, 3.05) is 26.2 Å². The van der Waals surface area contributed by atoms with Gasteiger partial charge in [-0.05, 0) is 94.9 Å². The van der Waals surface area contributed by atoms with E-state index in [9.17, 15) is 9.18 Å². The van der Waals surface area contributed by atoms with Crippen molar-refractivity contribution >= 4 is 5.91 Å². The van der Waals surface area contributed by atoms with Crippen LogP contribution in [0.2, 0.25) is 0 Å². The quantitative estimate of drug-likeness (QED) is 0.620. The molecule has 1 aliphatic heterocycles. The third-order valence-electron chi connectivity index (χ3n) is 5.55. The molecule has 31 heavy (non-hydrogen) atoms. The molecule has 0 aromatic heterocycles. The van der Waals surface area contributed by atoms with Crippen molar-refractivity contribution in [2.24, 2.45) is 5.92 Å². The summed E-state index contributed by atoms with van der Waals surface area (Å²) < 4.78 is 19.8. The second kappa shape index (κ2) is 10.3. The number of nitrogens with zero attached hydrogens (tertiary/aromatic N) is 1. The Morgan fingerprint density at radius 3 is 2.13 bits per heavy atom. The standard InChI is InChI=1S/C26H35FN2O2/c1-19(2)28-25(30)23-7-5-21(6-8-23)22-9-11-24(12-10-22)31-17-20-13-15-29(16-14-20)18-26(3,4)27/h5-12,19-20H,13-18H2,1-4H3,(H,28,30). The van der Waals surface area contributed by atoms with E-state index in [1.165, 1.54) is 0 Å². The fourth-order valence-electron chi connectivity index (χ4n) is 3.96. The van der Waals surface area contributed by atoms with Crippen LogP contribution >= 0.6 is 0 Å². The Bertz CT molecular complexity index is 833. The van der Waals surface area contributed by atoms with Crippen molar-refractivity contribution in [1.29, 1.82) is 0 Å². The first-order valence-corrected chi connectivity index (χ1v) is 11.2.